The zero-order valence-electron chi connectivity index (χ0n) is 24.1. The van der Waals surface area contributed by atoms with E-state index in [1.807, 2.05) is 13.0 Å². The number of fused-ring (bicyclic) bond motifs is 7. The van der Waals surface area contributed by atoms with Crippen LogP contribution in [0.25, 0.3) is 22.0 Å². The molecule has 2 aromatic heterocycles. The third-order valence-corrected chi connectivity index (χ3v) is 8.02. The van der Waals surface area contributed by atoms with Crippen molar-refractivity contribution in [3.63, 3.8) is 0 Å². The number of benzene rings is 3. The third-order valence-electron chi connectivity index (χ3n) is 8.02. The Kier molecular flexibility index (Phi) is 7.34. The molecule has 2 N–H and O–H groups in total. The molecular weight excluding hydrogens is 570 g/mol. The van der Waals surface area contributed by atoms with Crippen molar-refractivity contribution in [1.29, 1.82) is 0 Å². The molecule has 44 heavy (non-hydrogen) atoms. The van der Waals surface area contributed by atoms with E-state index in [2.05, 4.69) is 10.3 Å². The molecule has 4 bridgehead atoms. The standard InChI is InChI=1S/C33H28F2N4O5/c1-17-5-4-6-27-28(17)19-13-18(2)29(35)23(14-19)25(10-12-40)37-31(41)30(22-15-20(44-27)7-8-24(22)34)39-32(42)21-9-11-36-16-26(21)38(3)33(39)43/h4-9,11,13-16,25,30,40H,10,12H2,1-3H3,(H,37,41)/t25-,30-/m1/s1. The van der Waals surface area contributed by atoms with Gasteiger partial charge < -0.3 is 15.2 Å². The van der Waals surface area contributed by atoms with Crippen LogP contribution in [0.3, 0.4) is 0 Å². The van der Waals surface area contributed by atoms with Gasteiger partial charge in [-0.25, -0.2) is 18.1 Å². The number of nitrogens with one attached hydrogen (secondary N) is 1. The summed E-state index contributed by atoms with van der Waals surface area (Å²) in [6, 6.07) is 10.8. The van der Waals surface area contributed by atoms with Crippen molar-refractivity contribution in [1.82, 2.24) is 19.4 Å². The van der Waals surface area contributed by atoms with Crippen molar-refractivity contribution in [2.24, 2.45) is 7.05 Å². The minimum atomic E-state index is -1.83. The van der Waals surface area contributed by atoms with Gasteiger partial charge in [0.05, 0.1) is 23.1 Å². The Morgan fingerprint density at radius 1 is 1.00 bits per heavy atom. The highest BCUT2D eigenvalue weighted by atomic mass is 19.1. The number of amides is 1. The molecule has 0 spiro atoms. The highest BCUT2D eigenvalue weighted by Crippen LogP contribution is 2.40. The Morgan fingerprint density at radius 2 is 1.80 bits per heavy atom. The summed E-state index contributed by atoms with van der Waals surface area (Å²) in [5.41, 5.74) is 0.614. The van der Waals surface area contributed by atoms with E-state index >= 15 is 8.78 Å². The second-order valence-corrected chi connectivity index (χ2v) is 10.8. The SMILES string of the molecule is Cc1cc2cc(c1F)[C@@H](CCO)NC(=O)[C@H](n1c(=O)c3ccncc3n(C)c1=O)c1cc(ccc1F)Oc1cccc(C)c1-2. The van der Waals surface area contributed by atoms with Gasteiger partial charge in [0.1, 0.15) is 29.2 Å². The number of carbonyl (C=O) groups is 1. The van der Waals surface area contributed by atoms with Crippen LogP contribution in [0, 0.1) is 25.5 Å². The molecule has 5 aromatic rings. The van der Waals surface area contributed by atoms with Crippen LogP contribution >= 0.6 is 0 Å². The average Bonchev–Trinajstić information content (AvgIpc) is 3.00. The monoisotopic (exact) mass is 598 g/mol. The first-order valence-electron chi connectivity index (χ1n) is 13.9. The predicted molar refractivity (Wildman–Crippen MR) is 160 cm³/mol. The number of hydrogen-bond acceptors (Lipinski definition) is 6. The van der Waals surface area contributed by atoms with E-state index in [4.69, 9.17) is 4.74 Å². The molecule has 3 heterocycles. The van der Waals surface area contributed by atoms with Crippen LogP contribution in [0.4, 0.5) is 8.78 Å². The van der Waals surface area contributed by atoms with E-state index in [9.17, 15) is 19.5 Å². The van der Waals surface area contributed by atoms with Crippen molar-refractivity contribution in [3.8, 4) is 22.6 Å². The van der Waals surface area contributed by atoms with Crippen LogP contribution in [-0.2, 0) is 11.8 Å². The second kappa shape index (κ2) is 11.2. The van der Waals surface area contributed by atoms with Crippen LogP contribution in [-0.4, -0.2) is 31.7 Å². The fourth-order valence-corrected chi connectivity index (χ4v) is 5.84. The summed E-state index contributed by atoms with van der Waals surface area (Å²) in [7, 11) is 1.41. The molecule has 6 rings (SSSR count). The molecule has 1 aliphatic rings. The fraction of sp³-hybridized carbons (Fsp3) is 0.212. The topological polar surface area (TPSA) is 115 Å². The predicted octanol–water partition coefficient (Wildman–Crippen LogP) is 4.59. The number of rotatable bonds is 3. The first kappa shape index (κ1) is 28.9. The van der Waals surface area contributed by atoms with Gasteiger partial charge in [0.25, 0.3) is 5.56 Å². The zero-order chi connectivity index (χ0) is 31.3. The van der Waals surface area contributed by atoms with Gasteiger partial charge in [0, 0.05) is 36.5 Å². The summed E-state index contributed by atoms with van der Waals surface area (Å²) in [5.74, 6) is -1.90. The van der Waals surface area contributed by atoms with Gasteiger partial charge in [0.2, 0.25) is 5.91 Å². The van der Waals surface area contributed by atoms with Crippen LogP contribution in [0.15, 0.2) is 76.6 Å². The normalized spacial score (nSPS) is 16.3. The number of hydrogen-bond donors (Lipinski definition) is 2. The summed E-state index contributed by atoms with van der Waals surface area (Å²) < 4.78 is 39.6. The summed E-state index contributed by atoms with van der Waals surface area (Å²) in [6.07, 6.45) is 2.61. The van der Waals surface area contributed by atoms with Gasteiger partial charge in [-0.15, -0.1) is 0 Å². The van der Waals surface area contributed by atoms with Crippen molar-refractivity contribution in [2.75, 3.05) is 6.61 Å². The van der Waals surface area contributed by atoms with Crippen molar-refractivity contribution < 1.29 is 23.4 Å². The lowest BCUT2D eigenvalue weighted by Crippen LogP contribution is -2.48. The Balaban J connectivity index is 1.69. The first-order chi connectivity index (χ1) is 21.1. The number of halogens is 2. The summed E-state index contributed by atoms with van der Waals surface area (Å²) in [6.45, 7) is 3.03. The van der Waals surface area contributed by atoms with Crippen LogP contribution < -0.4 is 21.3 Å². The number of carbonyl (C=O) groups excluding carboxylic acids is 1. The summed E-state index contributed by atoms with van der Waals surface area (Å²) in [5, 5.41) is 12.7. The number of aliphatic hydroxyl groups is 1. The van der Waals surface area contributed by atoms with E-state index in [1.54, 1.807) is 31.2 Å². The van der Waals surface area contributed by atoms with Crippen LogP contribution in [0.1, 0.15) is 40.8 Å². The molecule has 0 fully saturated rings. The van der Waals surface area contributed by atoms with E-state index in [1.165, 1.54) is 37.6 Å². The van der Waals surface area contributed by atoms with Crippen LogP contribution in [0.2, 0.25) is 0 Å². The van der Waals surface area contributed by atoms with Gasteiger partial charge in [-0.05, 0) is 79.4 Å². The molecule has 0 saturated heterocycles. The number of aryl methyl sites for hydroxylation is 3. The fourth-order valence-electron chi connectivity index (χ4n) is 5.84. The molecule has 9 nitrogen and oxygen atoms in total. The smallest absolute Gasteiger partial charge is 0.332 e. The first-order valence-corrected chi connectivity index (χ1v) is 13.9. The number of ether oxygens (including phenoxy) is 1. The molecule has 224 valence electrons. The quantitative estimate of drug-likeness (QED) is 0.314. The number of aliphatic hydroxyl groups excluding tert-OH is 1. The zero-order valence-corrected chi connectivity index (χ0v) is 24.1. The van der Waals surface area contributed by atoms with E-state index < -0.39 is 47.5 Å². The lowest BCUT2D eigenvalue weighted by molar-refractivity contribution is -0.124. The Morgan fingerprint density at radius 3 is 2.57 bits per heavy atom. The number of aromatic nitrogens is 3. The van der Waals surface area contributed by atoms with E-state index in [-0.39, 0.29) is 39.8 Å². The second-order valence-electron chi connectivity index (χ2n) is 10.8. The molecule has 0 saturated carbocycles. The molecule has 0 aliphatic carbocycles. The van der Waals surface area contributed by atoms with E-state index in [0.717, 1.165) is 16.2 Å². The molecular formula is C33H28F2N4O5. The molecule has 3 aromatic carbocycles. The van der Waals surface area contributed by atoms with Gasteiger partial charge in [0.15, 0.2) is 0 Å². The molecule has 11 heteroatoms. The van der Waals surface area contributed by atoms with Crippen LogP contribution in [0.5, 0.6) is 11.5 Å². The van der Waals surface area contributed by atoms with Crippen molar-refractivity contribution in [2.45, 2.75) is 32.4 Å². The lowest BCUT2D eigenvalue weighted by atomic mass is 9.92. The van der Waals surface area contributed by atoms with Gasteiger partial charge in [-0.1, -0.05) is 12.1 Å². The Labute approximate surface area is 250 Å². The molecule has 0 radical (unpaired) electrons. The maximum Gasteiger partial charge on any atom is 0.332 e. The van der Waals surface area contributed by atoms with Gasteiger partial charge >= 0.3 is 5.69 Å². The summed E-state index contributed by atoms with van der Waals surface area (Å²) in [4.78, 5) is 45.7. The van der Waals surface area contributed by atoms with E-state index in [0.29, 0.717) is 21.4 Å². The third kappa shape index (κ3) is 4.75. The minimum Gasteiger partial charge on any atom is -0.457 e. The minimum absolute atomic E-state index is 0.0756. The molecule has 2 atom stereocenters. The number of nitrogens with zero attached hydrogens (tertiary/aromatic N) is 3. The van der Waals surface area contributed by atoms with Crippen molar-refractivity contribution in [3.05, 3.63) is 122 Å². The molecule has 1 amide bonds. The average molecular weight is 599 g/mol. The van der Waals surface area contributed by atoms with Crippen molar-refractivity contribution >= 4 is 16.8 Å². The maximum absolute atomic E-state index is 15.8. The van der Waals surface area contributed by atoms with Gasteiger partial charge in [-0.3, -0.25) is 19.1 Å². The largest absolute Gasteiger partial charge is 0.457 e. The maximum atomic E-state index is 15.8. The van der Waals surface area contributed by atoms with Gasteiger partial charge in [-0.2, -0.15) is 0 Å². The highest BCUT2D eigenvalue weighted by Gasteiger charge is 2.33. The molecule has 1 aliphatic heterocycles. The lowest BCUT2D eigenvalue weighted by Gasteiger charge is -2.26. The Hall–Kier alpha value is -5.16. The molecule has 0 unspecified atom stereocenters. The highest BCUT2D eigenvalue weighted by molar-refractivity contribution is 5.85. The number of pyridine rings is 1. The summed E-state index contributed by atoms with van der Waals surface area (Å²) >= 11 is 0. The Bertz CT molecular complexity index is 2090.